The van der Waals surface area contributed by atoms with E-state index in [0.717, 1.165) is 63.0 Å². The van der Waals surface area contributed by atoms with Crippen LogP contribution < -0.4 is 10.1 Å². The Kier molecular flexibility index (Phi) is 3.80. The number of nitrogens with one attached hydrogen (secondary N) is 1. The van der Waals surface area contributed by atoms with Gasteiger partial charge in [0, 0.05) is 19.5 Å². The molecule has 3 heterocycles. The van der Waals surface area contributed by atoms with E-state index in [0.29, 0.717) is 0 Å². The maximum atomic E-state index is 12.9. The summed E-state index contributed by atoms with van der Waals surface area (Å²) in [7, 11) is 0. The first-order valence-electron chi connectivity index (χ1n) is 8.88. The number of benzene rings is 1. The first-order chi connectivity index (χ1) is 11.1. The molecule has 2 fully saturated rings. The third-order valence-electron chi connectivity index (χ3n) is 5.96. The van der Waals surface area contributed by atoms with Gasteiger partial charge in [-0.2, -0.15) is 0 Å². The van der Waals surface area contributed by atoms with Crippen molar-refractivity contribution in [3.63, 3.8) is 0 Å². The fourth-order valence-corrected chi connectivity index (χ4v) is 4.29. The minimum absolute atomic E-state index is 0.185. The minimum atomic E-state index is -0.317. The van der Waals surface area contributed by atoms with E-state index in [1.807, 2.05) is 0 Å². The molecule has 1 N–H and O–H groups in total. The van der Waals surface area contributed by atoms with Crippen molar-refractivity contribution >= 4 is 5.91 Å². The zero-order chi connectivity index (χ0) is 16.0. The lowest BCUT2D eigenvalue weighted by Gasteiger charge is -2.24. The van der Waals surface area contributed by atoms with Crippen LogP contribution in [0, 0.1) is 25.7 Å². The van der Waals surface area contributed by atoms with Crippen LogP contribution in [0.25, 0.3) is 0 Å². The molecule has 3 aliphatic rings. The number of nitrogens with zero attached hydrogens (tertiary/aromatic N) is 1. The number of rotatable bonds is 1. The summed E-state index contributed by atoms with van der Waals surface area (Å²) in [6.45, 7) is 8.22. The lowest BCUT2D eigenvalue weighted by Crippen LogP contribution is -2.42. The lowest BCUT2D eigenvalue weighted by atomic mass is 9.92. The molecular weight excluding hydrogens is 288 g/mol. The van der Waals surface area contributed by atoms with Gasteiger partial charge < -0.3 is 15.0 Å². The summed E-state index contributed by atoms with van der Waals surface area (Å²) in [6, 6.07) is 4.26. The average molecular weight is 314 g/mol. The van der Waals surface area contributed by atoms with Crippen molar-refractivity contribution in [2.24, 2.45) is 11.8 Å². The van der Waals surface area contributed by atoms with Crippen LogP contribution in [0.1, 0.15) is 29.5 Å². The van der Waals surface area contributed by atoms with Crippen molar-refractivity contribution in [1.82, 2.24) is 10.2 Å². The van der Waals surface area contributed by atoms with E-state index in [2.05, 4.69) is 36.2 Å². The molecule has 2 saturated heterocycles. The fourth-order valence-electron chi connectivity index (χ4n) is 4.29. The highest BCUT2D eigenvalue weighted by atomic mass is 16.5. The van der Waals surface area contributed by atoms with Gasteiger partial charge in [-0.25, -0.2) is 0 Å². The highest BCUT2D eigenvalue weighted by Gasteiger charge is 2.36. The van der Waals surface area contributed by atoms with E-state index in [-0.39, 0.29) is 12.0 Å². The maximum absolute atomic E-state index is 12.9. The van der Waals surface area contributed by atoms with Gasteiger partial charge >= 0.3 is 0 Å². The molecule has 4 rings (SSSR count). The van der Waals surface area contributed by atoms with Crippen LogP contribution >= 0.6 is 0 Å². The number of amides is 1. The lowest BCUT2D eigenvalue weighted by molar-refractivity contribution is -0.137. The van der Waals surface area contributed by atoms with Gasteiger partial charge in [-0.05, 0) is 74.4 Å². The third kappa shape index (κ3) is 2.74. The standard InChI is InChI=1S/C19H26N2O2/c1-12-7-16-9-18(23-17(16)8-13(12)2)19(22)21-5-3-14-10-20-11-15(14)4-6-21/h7-8,14-15,18,20H,3-6,9-11H2,1-2H3/t14-,15+,18?. The summed E-state index contributed by atoms with van der Waals surface area (Å²) in [5, 5.41) is 3.49. The molecule has 0 radical (unpaired) electrons. The molecule has 124 valence electrons. The van der Waals surface area contributed by atoms with Crippen LogP contribution in [0.4, 0.5) is 0 Å². The molecular formula is C19H26N2O2. The van der Waals surface area contributed by atoms with Crippen molar-refractivity contribution in [3.05, 3.63) is 28.8 Å². The van der Waals surface area contributed by atoms with Crippen LogP contribution in [0.15, 0.2) is 12.1 Å². The normalized spacial score (nSPS) is 29.7. The van der Waals surface area contributed by atoms with E-state index in [1.165, 1.54) is 16.7 Å². The summed E-state index contributed by atoms with van der Waals surface area (Å²) >= 11 is 0. The van der Waals surface area contributed by atoms with Gasteiger partial charge in [0.25, 0.3) is 5.91 Å². The molecule has 1 amide bonds. The fraction of sp³-hybridized carbons (Fsp3) is 0.632. The molecule has 0 aliphatic carbocycles. The molecule has 3 atom stereocenters. The summed E-state index contributed by atoms with van der Waals surface area (Å²) in [5.41, 5.74) is 3.69. The first-order valence-corrected chi connectivity index (χ1v) is 8.88. The maximum Gasteiger partial charge on any atom is 0.263 e. The Balaban J connectivity index is 1.44. The summed E-state index contributed by atoms with van der Waals surface area (Å²) in [6.07, 6.45) is 2.66. The van der Waals surface area contributed by atoms with Gasteiger partial charge in [-0.1, -0.05) is 6.07 Å². The quantitative estimate of drug-likeness (QED) is 0.863. The molecule has 0 spiro atoms. The number of ether oxygens (including phenoxy) is 1. The second-order valence-electron chi connectivity index (χ2n) is 7.44. The molecule has 4 heteroatoms. The first kappa shape index (κ1) is 15.0. The molecule has 1 unspecified atom stereocenters. The van der Waals surface area contributed by atoms with Crippen LogP contribution in [0.5, 0.6) is 5.75 Å². The third-order valence-corrected chi connectivity index (χ3v) is 5.96. The Labute approximate surface area is 138 Å². The van der Waals surface area contributed by atoms with E-state index in [1.54, 1.807) is 0 Å². The molecule has 23 heavy (non-hydrogen) atoms. The largest absolute Gasteiger partial charge is 0.480 e. The van der Waals surface area contributed by atoms with Gasteiger partial charge in [-0.3, -0.25) is 4.79 Å². The van der Waals surface area contributed by atoms with Crippen molar-refractivity contribution in [3.8, 4) is 5.75 Å². The van der Waals surface area contributed by atoms with Crippen molar-refractivity contribution in [1.29, 1.82) is 0 Å². The van der Waals surface area contributed by atoms with Crippen molar-refractivity contribution in [2.75, 3.05) is 26.2 Å². The minimum Gasteiger partial charge on any atom is -0.480 e. The number of aryl methyl sites for hydroxylation is 2. The monoisotopic (exact) mass is 314 g/mol. The SMILES string of the molecule is Cc1cc2c(cc1C)OC(C(=O)N1CC[C@@H]3CNC[C@@H]3CC1)C2. The highest BCUT2D eigenvalue weighted by Crippen LogP contribution is 2.33. The Hall–Kier alpha value is -1.55. The van der Waals surface area contributed by atoms with Gasteiger partial charge in [0.05, 0.1) is 0 Å². The zero-order valence-corrected chi connectivity index (χ0v) is 14.1. The van der Waals surface area contributed by atoms with E-state index in [9.17, 15) is 4.79 Å². The molecule has 1 aromatic carbocycles. The average Bonchev–Trinajstić information content (AvgIpc) is 3.09. The predicted octanol–water partition coefficient (Wildman–Crippen LogP) is 2.06. The Morgan fingerprint density at radius 1 is 1.13 bits per heavy atom. The number of carbonyl (C=O) groups is 1. The van der Waals surface area contributed by atoms with Gasteiger partial charge in [0.1, 0.15) is 5.75 Å². The van der Waals surface area contributed by atoms with E-state index < -0.39 is 0 Å². The van der Waals surface area contributed by atoms with Crippen LogP contribution in [0.2, 0.25) is 0 Å². The Morgan fingerprint density at radius 2 is 1.78 bits per heavy atom. The summed E-state index contributed by atoms with van der Waals surface area (Å²) in [5.74, 6) is 2.59. The number of carbonyl (C=O) groups excluding carboxylic acids is 1. The Bertz CT molecular complexity index is 583. The van der Waals surface area contributed by atoms with Gasteiger partial charge in [-0.15, -0.1) is 0 Å². The van der Waals surface area contributed by atoms with Crippen molar-refractivity contribution in [2.45, 2.75) is 39.2 Å². The van der Waals surface area contributed by atoms with E-state index in [4.69, 9.17) is 4.74 Å². The number of likely N-dealkylation sites (tertiary alicyclic amines) is 1. The molecule has 0 saturated carbocycles. The number of fused-ring (bicyclic) bond motifs is 2. The molecule has 4 nitrogen and oxygen atoms in total. The van der Waals surface area contributed by atoms with Crippen LogP contribution in [0.3, 0.4) is 0 Å². The predicted molar refractivity (Wildman–Crippen MR) is 89.7 cm³/mol. The Morgan fingerprint density at radius 3 is 2.48 bits per heavy atom. The van der Waals surface area contributed by atoms with Gasteiger partial charge in [0.2, 0.25) is 0 Å². The molecule has 1 aromatic rings. The van der Waals surface area contributed by atoms with Gasteiger partial charge in [0.15, 0.2) is 6.10 Å². The second-order valence-corrected chi connectivity index (χ2v) is 7.44. The summed E-state index contributed by atoms with van der Waals surface area (Å²) in [4.78, 5) is 14.9. The number of hydrogen-bond donors (Lipinski definition) is 1. The van der Waals surface area contributed by atoms with Crippen LogP contribution in [-0.2, 0) is 11.2 Å². The second kappa shape index (κ2) is 5.82. The number of hydrogen-bond acceptors (Lipinski definition) is 3. The molecule has 3 aliphatic heterocycles. The molecule has 0 aromatic heterocycles. The van der Waals surface area contributed by atoms with Crippen molar-refractivity contribution < 1.29 is 9.53 Å². The molecule has 0 bridgehead atoms. The topological polar surface area (TPSA) is 41.6 Å². The smallest absolute Gasteiger partial charge is 0.263 e. The zero-order valence-electron chi connectivity index (χ0n) is 14.1. The summed E-state index contributed by atoms with van der Waals surface area (Å²) < 4.78 is 5.99. The van der Waals surface area contributed by atoms with E-state index >= 15 is 0 Å². The van der Waals surface area contributed by atoms with Crippen LogP contribution in [-0.4, -0.2) is 43.1 Å². The highest BCUT2D eigenvalue weighted by molar-refractivity contribution is 5.82.